The molecule has 2 rings (SSSR count). The Morgan fingerprint density at radius 3 is 2.35 bits per heavy atom. The van der Waals surface area contributed by atoms with Crippen LogP contribution in [0.1, 0.15) is 32.1 Å². The molecule has 20 heavy (non-hydrogen) atoms. The van der Waals surface area contributed by atoms with Gasteiger partial charge < -0.3 is 0 Å². The molecule has 0 saturated heterocycles. The van der Waals surface area contributed by atoms with Crippen LogP contribution >= 0.6 is 11.3 Å². The summed E-state index contributed by atoms with van der Waals surface area (Å²) < 4.78 is 51.1. The molecule has 1 aliphatic rings. The van der Waals surface area contributed by atoms with E-state index in [2.05, 4.69) is 0 Å². The fourth-order valence-corrected chi connectivity index (χ4v) is 4.00. The van der Waals surface area contributed by atoms with Crippen LogP contribution in [0.3, 0.4) is 0 Å². The molecule has 1 aromatic heterocycles. The lowest BCUT2D eigenvalue weighted by atomic mass is 9.95. The van der Waals surface area contributed by atoms with E-state index in [1.165, 1.54) is 6.07 Å². The zero-order valence-corrected chi connectivity index (χ0v) is 12.9. The average molecular weight is 323 g/mol. The fourth-order valence-electron chi connectivity index (χ4n) is 1.62. The van der Waals surface area contributed by atoms with Crippen LogP contribution in [0.15, 0.2) is 16.3 Å². The van der Waals surface area contributed by atoms with Gasteiger partial charge in [0.2, 0.25) is 5.91 Å². The largest absolute Gasteiger partial charge is 0.273 e. The second-order valence-corrected chi connectivity index (χ2v) is 8.85. The van der Waals surface area contributed by atoms with Crippen LogP contribution in [0.4, 0.5) is 8.78 Å². The summed E-state index contributed by atoms with van der Waals surface area (Å²) >= 11 is 1.03. The van der Waals surface area contributed by atoms with Crippen molar-refractivity contribution >= 4 is 27.3 Å². The predicted octanol–water partition coefficient (Wildman–Crippen LogP) is 2.51. The van der Waals surface area contributed by atoms with Crippen molar-refractivity contribution in [3.8, 4) is 0 Å². The number of hydrogen-bond donors (Lipinski definition) is 1. The Labute approximate surface area is 120 Å². The van der Waals surface area contributed by atoms with Gasteiger partial charge in [0.05, 0.1) is 0 Å². The van der Waals surface area contributed by atoms with Crippen LogP contribution in [0.2, 0.25) is 0 Å². The lowest BCUT2D eigenvalue weighted by molar-refractivity contribution is -0.122. The number of alkyl halides is 2. The number of halogens is 2. The Balaban J connectivity index is 2.15. The van der Waals surface area contributed by atoms with Crippen molar-refractivity contribution in [2.24, 2.45) is 5.92 Å². The molecule has 0 spiro atoms. The van der Waals surface area contributed by atoms with E-state index in [0.717, 1.165) is 16.2 Å². The Kier molecular flexibility index (Phi) is 3.45. The lowest BCUT2D eigenvalue weighted by Crippen LogP contribution is -2.32. The highest BCUT2D eigenvalue weighted by molar-refractivity contribution is 7.92. The zero-order chi connectivity index (χ0) is 15.3. The number of carbonyl (C=O) groups excluding carboxylic acids is 1. The lowest BCUT2D eigenvalue weighted by Gasteiger charge is -2.15. The van der Waals surface area contributed by atoms with Crippen molar-refractivity contribution in [3.63, 3.8) is 0 Å². The molecular formula is C12H15F2NO3S2. The smallest absolute Gasteiger partial charge is 0.273 e. The van der Waals surface area contributed by atoms with Crippen LogP contribution in [-0.2, 0) is 20.2 Å². The van der Waals surface area contributed by atoms with E-state index in [-0.39, 0.29) is 9.62 Å². The third-order valence-electron chi connectivity index (χ3n) is 2.96. The molecule has 0 radical (unpaired) electrons. The minimum atomic E-state index is -4.07. The maximum atomic E-state index is 12.7. The van der Waals surface area contributed by atoms with Gasteiger partial charge in [0, 0.05) is 11.3 Å². The predicted molar refractivity (Wildman–Crippen MR) is 71.4 cm³/mol. The van der Waals surface area contributed by atoms with Crippen molar-refractivity contribution in [1.82, 2.24) is 4.72 Å². The highest BCUT2D eigenvalue weighted by Gasteiger charge is 2.61. The van der Waals surface area contributed by atoms with E-state index in [1.807, 2.05) is 20.8 Å². The fraction of sp³-hybridized carbons (Fsp3) is 0.583. The maximum absolute atomic E-state index is 12.7. The minimum absolute atomic E-state index is 0.0419. The molecule has 1 unspecified atom stereocenters. The minimum Gasteiger partial charge on any atom is -0.273 e. The molecule has 1 atom stereocenters. The first-order chi connectivity index (χ1) is 8.93. The van der Waals surface area contributed by atoms with E-state index in [0.29, 0.717) is 0 Å². The van der Waals surface area contributed by atoms with Gasteiger partial charge in [-0.3, -0.25) is 4.79 Å². The summed E-state index contributed by atoms with van der Waals surface area (Å²) in [6, 6.07) is 3.04. The first kappa shape index (κ1) is 15.4. The van der Waals surface area contributed by atoms with E-state index >= 15 is 0 Å². The Morgan fingerprint density at radius 2 is 1.95 bits per heavy atom. The third kappa shape index (κ3) is 3.01. The van der Waals surface area contributed by atoms with Crippen LogP contribution in [-0.4, -0.2) is 20.2 Å². The topological polar surface area (TPSA) is 63.2 Å². The average Bonchev–Trinajstić information content (AvgIpc) is 2.75. The second-order valence-electron chi connectivity index (χ2n) is 5.86. The van der Waals surface area contributed by atoms with E-state index < -0.39 is 34.2 Å². The zero-order valence-electron chi connectivity index (χ0n) is 11.2. The molecule has 1 heterocycles. The number of sulfonamides is 1. The number of nitrogens with one attached hydrogen (secondary N) is 1. The molecule has 1 fully saturated rings. The van der Waals surface area contributed by atoms with Gasteiger partial charge in [-0.05, 0) is 17.5 Å². The Morgan fingerprint density at radius 1 is 1.40 bits per heavy atom. The SMILES string of the molecule is CC(C)(C)c1ccc(S(=O)(=O)NC(=O)C2CC2(F)F)s1. The van der Waals surface area contributed by atoms with Crippen molar-refractivity contribution in [2.75, 3.05) is 0 Å². The summed E-state index contributed by atoms with van der Waals surface area (Å²) in [6.45, 7) is 5.79. The van der Waals surface area contributed by atoms with Gasteiger partial charge in [-0.15, -0.1) is 11.3 Å². The van der Waals surface area contributed by atoms with Gasteiger partial charge in [-0.2, -0.15) is 0 Å². The molecular weight excluding hydrogens is 308 g/mol. The molecule has 0 bridgehead atoms. The quantitative estimate of drug-likeness (QED) is 0.929. The summed E-state index contributed by atoms with van der Waals surface area (Å²) in [4.78, 5) is 12.3. The summed E-state index contributed by atoms with van der Waals surface area (Å²) in [5, 5.41) is 0. The van der Waals surface area contributed by atoms with Crippen molar-refractivity contribution in [2.45, 2.75) is 42.7 Å². The number of rotatable bonds is 3. The van der Waals surface area contributed by atoms with E-state index in [1.54, 1.807) is 10.8 Å². The Hall–Kier alpha value is -1.02. The second kappa shape index (κ2) is 4.49. The van der Waals surface area contributed by atoms with Gasteiger partial charge >= 0.3 is 0 Å². The molecule has 8 heteroatoms. The van der Waals surface area contributed by atoms with Crippen LogP contribution < -0.4 is 4.72 Å². The van der Waals surface area contributed by atoms with Gasteiger partial charge in [0.15, 0.2) is 0 Å². The molecule has 1 N–H and O–H groups in total. The highest BCUT2D eigenvalue weighted by Crippen LogP contribution is 2.48. The third-order valence-corrected chi connectivity index (χ3v) is 6.31. The van der Waals surface area contributed by atoms with Gasteiger partial charge in [-0.25, -0.2) is 21.9 Å². The molecule has 112 valence electrons. The first-order valence-corrected chi connectivity index (χ1v) is 8.28. The van der Waals surface area contributed by atoms with Crippen molar-refractivity contribution in [3.05, 3.63) is 17.0 Å². The number of carbonyl (C=O) groups is 1. The molecule has 1 aliphatic carbocycles. The first-order valence-electron chi connectivity index (χ1n) is 5.98. The molecule has 1 saturated carbocycles. The Bertz CT molecular complexity index is 644. The number of hydrogen-bond acceptors (Lipinski definition) is 4. The standard InChI is InChI=1S/C12H15F2NO3S2/c1-11(2,3)8-4-5-9(19-8)20(17,18)15-10(16)7-6-12(7,13)14/h4-5,7H,6H2,1-3H3,(H,15,16). The normalized spacial score (nSPS) is 21.6. The summed E-state index contributed by atoms with van der Waals surface area (Å²) in [6.07, 6.45) is -0.591. The van der Waals surface area contributed by atoms with Gasteiger partial charge in [0.1, 0.15) is 10.1 Å². The molecule has 1 aromatic rings. The maximum Gasteiger partial charge on any atom is 0.273 e. The molecule has 4 nitrogen and oxygen atoms in total. The highest BCUT2D eigenvalue weighted by atomic mass is 32.2. The van der Waals surface area contributed by atoms with Gasteiger partial charge in [0.25, 0.3) is 15.9 Å². The summed E-state index contributed by atoms with van der Waals surface area (Å²) in [5.41, 5.74) is -0.216. The summed E-state index contributed by atoms with van der Waals surface area (Å²) in [7, 11) is -4.07. The number of amides is 1. The van der Waals surface area contributed by atoms with Crippen molar-refractivity contribution in [1.29, 1.82) is 0 Å². The molecule has 0 aliphatic heterocycles. The van der Waals surface area contributed by atoms with Gasteiger partial charge in [-0.1, -0.05) is 20.8 Å². The van der Waals surface area contributed by atoms with Crippen LogP contribution in [0.25, 0.3) is 0 Å². The molecule has 0 aromatic carbocycles. The van der Waals surface area contributed by atoms with E-state index in [9.17, 15) is 22.0 Å². The molecule has 1 amide bonds. The van der Waals surface area contributed by atoms with Crippen LogP contribution in [0, 0.1) is 5.92 Å². The van der Waals surface area contributed by atoms with Crippen molar-refractivity contribution < 1.29 is 22.0 Å². The number of thiophene rings is 1. The summed E-state index contributed by atoms with van der Waals surface area (Å²) in [5.74, 6) is -5.74. The van der Waals surface area contributed by atoms with E-state index in [4.69, 9.17) is 0 Å². The monoisotopic (exact) mass is 323 g/mol. The van der Waals surface area contributed by atoms with Crippen LogP contribution in [0.5, 0.6) is 0 Å².